The average molecular weight is 352 g/mol. The second-order valence-corrected chi connectivity index (χ2v) is 6.38. The van der Waals surface area contributed by atoms with Crippen molar-refractivity contribution < 1.29 is 9.21 Å². The molecule has 7 nitrogen and oxygen atoms in total. The van der Waals surface area contributed by atoms with Crippen molar-refractivity contribution in [2.24, 2.45) is 0 Å². The molecule has 0 saturated carbocycles. The predicted octanol–water partition coefficient (Wildman–Crippen LogP) is 1.90. The summed E-state index contributed by atoms with van der Waals surface area (Å²) in [7, 11) is 0. The molecular weight excluding hydrogens is 332 g/mol. The number of anilines is 1. The van der Waals surface area contributed by atoms with E-state index < -0.39 is 11.8 Å². The SMILES string of the molecule is C[C@H](C(=O)N1CCN(c2ccccn2)CC1)n1c(=O)oc2ccccc21. The fourth-order valence-corrected chi connectivity index (χ4v) is 3.42. The number of oxazole rings is 1. The van der Waals surface area contributed by atoms with Crippen LogP contribution in [0.4, 0.5) is 5.82 Å². The largest absolute Gasteiger partial charge is 0.420 e. The smallest absolute Gasteiger partial charge is 0.408 e. The summed E-state index contributed by atoms with van der Waals surface area (Å²) in [4.78, 5) is 33.5. The molecule has 26 heavy (non-hydrogen) atoms. The minimum atomic E-state index is -0.604. The first-order chi connectivity index (χ1) is 12.6. The summed E-state index contributed by atoms with van der Waals surface area (Å²) in [6.07, 6.45) is 1.77. The molecule has 7 heteroatoms. The molecule has 3 heterocycles. The molecule has 3 aromatic rings. The van der Waals surface area contributed by atoms with Gasteiger partial charge in [-0.25, -0.2) is 9.78 Å². The van der Waals surface area contributed by atoms with Crippen LogP contribution in [0.3, 0.4) is 0 Å². The molecule has 0 spiro atoms. The van der Waals surface area contributed by atoms with E-state index in [1.807, 2.05) is 24.3 Å². The van der Waals surface area contributed by atoms with Gasteiger partial charge in [0.1, 0.15) is 11.9 Å². The Morgan fingerprint density at radius 1 is 1.08 bits per heavy atom. The first-order valence-corrected chi connectivity index (χ1v) is 8.70. The molecule has 1 aromatic carbocycles. The number of pyridine rings is 1. The lowest BCUT2D eigenvalue weighted by Gasteiger charge is -2.36. The van der Waals surface area contributed by atoms with Crippen LogP contribution in [0.1, 0.15) is 13.0 Å². The highest BCUT2D eigenvalue weighted by molar-refractivity contribution is 5.83. The van der Waals surface area contributed by atoms with Gasteiger partial charge < -0.3 is 14.2 Å². The van der Waals surface area contributed by atoms with Crippen molar-refractivity contribution in [2.75, 3.05) is 31.1 Å². The monoisotopic (exact) mass is 352 g/mol. The van der Waals surface area contributed by atoms with Crippen molar-refractivity contribution in [3.05, 3.63) is 59.2 Å². The Kier molecular flexibility index (Phi) is 4.20. The number of fused-ring (bicyclic) bond motifs is 1. The quantitative estimate of drug-likeness (QED) is 0.720. The second-order valence-electron chi connectivity index (χ2n) is 6.38. The number of para-hydroxylation sites is 2. The Morgan fingerprint density at radius 2 is 1.81 bits per heavy atom. The van der Waals surface area contributed by atoms with Gasteiger partial charge >= 0.3 is 5.76 Å². The maximum Gasteiger partial charge on any atom is 0.420 e. The van der Waals surface area contributed by atoms with Gasteiger partial charge in [-0.1, -0.05) is 18.2 Å². The minimum absolute atomic E-state index is 0.0701. The lowest BCUT2D eigenvalue weighted by Crippen LogP contribution is -2.51. The molecule has 0 bridgehead atoms. The van der Waals surface area contributed by atoms with Crippen LogP contribution in [0, 0.1) is 0 Å². The molecule has 1 aliphatic heterocycles. The molecule has 1 aliphatic rings. The Hall–Kier alpha value is -3.09. The number of rotatable bonds is 3. The first kappa shape index (κ1) is 16.4. The number of carbonyl (C=O) groups is 1. The van der Waals surface area contributed by atoms with Gasteiger partial charge in [0.2, 0.25) is 5.91 Å². The zero-order valence-corrected chi connectivity index (χ0v) is 14.5. The van der Waals surface area contributed by atoms with E-state index in [1.54, 1.807) is 36.2 Å². The van der Waals surface area contributed by atoms with Crippen molar-refractivity contribution in [3.8, 4) is 0 Å². The van der Waals surface area contributed by atoms with Gasteiger partial charge in [-0.3, -0.25) is 9.36 Å². The molecule has 0 N–H and O–H groups in total. The van der Waals surface area contributed by atoms with Crippen LogP contribution in [0.15, 0.2) is 57.9 Å². The lowest BCUT2D eigenvalue weighted by molar-refractivity contribution is -0.134. The van der Waals surface area contributed by atoms with Crippen molar-refractivity contribution in [1.29, 1.82) is 0 Å². The lowest BCUT2D eigenvalue weighted by atomic mass is 10.2. The molecule has 0 unspecified atom stereocenters. The molecule has 0 radical (unpaired) electrons. The fourth-order valence-electron chi connectivity index (χ4n) is 3.42. The number of hydrogen-bond donors (Lipinski definition) is 0. The summed E-state index contributed by atoms with van der Waals surface area (Å²) in [5.41, 5.74) is 1.14. The van der Waals surface area contributed by atoms with Crippen LogP contribution >= 0.6 is 0 Å². The molecule has 2 aromatic heterocycles. The van der Waals surface area contributed by atoms with Crippen molar-refractivity contribution >= 4 is 22.8 Å². The number of carbonyl (C=O) groups excluding carboxylic acids is 1. The van der Waals surface area contributed by atoms with Gasteiger partial charge in [0.25, 0.3) is 0 Å². The summed E-state index contributed by atoms with van der Waals surface area (Å²) >= 11 is 0. The van der Waals surface area contributed by atoms with Gasteiger partial charge in [-0.05, 0) is 31.2 Å². The second kappa shape index (κ2) is 6.67. The van der Waals surface area contributed by atoms with E-state index in [2.05, 4.69) is 9.88 Å². The highest BCUT2D eigenvalue weighted by Gasteiger charge is 2.28. The topological polar surface area (TPSA) is 71.6 Å². The summed E-state index contributed by atoms with van der Waals surface area (Å²) in [5.74, 6) is 0.350. The first-order valence-electron chi connectivity index (χ1n) is 8.70. The van der Waals surface area contributed by atoms with Gasteiger partial charge in [0, 0.05) is 32.4 Å². The van der Waals surface area contributed by atoms with Crippen LogP contribution in [0.2, 0.25) is 0 Å². The predicted molar refractivity (Wildman–Crippen MR) is 98.2 cm³/mol. The van der Waals surface area contributed by atoms with Gasteiger partial charge in [0.15, 0.2) is 5.58 Å². The van der Waals surface area contributed by atoms with E-state index in [0.29, 0.717) is 24.2 Å². The number of hydrogen-bond acceptors (Lipinski definition) is 5. The van der Waals surface area contributed by atoms with E-state index in [9.17, 15) is 9.59 Å². The molecular formula is C19H20N4O3. The van der Waals surface area contributed by atoms with Gasteiger partial charge in [0.05, 0.1) is 5.52 Å². The standard InChI is InChI=1S/C19H20N4O3/c1-14(23-15-6-2-3-7-16(15)26-19(23)25)18(24)22-12-10-21(11-13-22)17-8-4-5-9-20-17/h2-9,14H,10-13H2,1H3/t14-/m1/s1. The van der Waals surface area contributed by atoms with Gasteiger partial charge in [-0.2, -0.15) is 0 Å². The minimum Gasteiger partial charge on any atom is -0.408 e. The molecule has 1 fully saturated rings. The fraction of sp³-hybridized carbons (Fsp3) is 0.316. The third-order valence-electron chi connectivity index (χ3n) is 4.83. The molecule has 1 amide bonds. The Labute approximate surface area is 150 Å². The summed E-state index contributed by atoms with van der Waals surface area (Å²) in [6.45, 7) is 4.39. The molecule has 0 aliphatic carbocycles. The zero-order valence-electron chi connectivity index (χ0n) is 14.5. The summed E-state index contributed by atoms with van der Waals surface area (Å²) in [6, 6.07) is 12.4. The normalized spacial score (nSPS) is 16.0. The van der Waals surface area contributed by atoms with Crippen molar-refractivity contribution in [1.82, 2.24) is 14.5 Å². The highest BCUT2D eigenvalue weighted by atomic mass is 16.4. The molecule has 4 rings (SSSR count). The Morgan fingerprint density at radius 3 is 2.54 bits per heavy atom. The maximum absolute atomic E-state index is 12.9. The maximum atomic E-state index is 12.9. The van der Waals surface area contributed by atoms with E-state index in [0.717, 1.165) is 18.9 Å². The average Bonchev–Trinajstić information content (AvgIpc) is 3.03. The number of benzene rings is 1. The van der Waals surface area contributed by atoms with Crippen LogP contribution in [0.5, 0.6) is 0 Å². The third kappa shape index (κ3) is 2.85. The number of nitrogens with zero attached hydrogens (tertiary/aromatic N) is 4. The van der Waals surface area contributed by atoms with Crippen LogP contribution < -0.4 is 10.7 Å². The van der Waals surface area contributed by atoms with Crippen LogP contribution in [-0.4, -0.2) is 46.5 Å². The van der Waals surface area contributed by atoms with Crippen molar-refractivity contribution in [3.63, 3.8) is 0 Å². The number of piperazine rings is 1. The van der Waals surface area contributed by atoms with Gasteiger partial charge in [-0.15, -0.1) is 0 Å². The summed E-state index contributed by atoms with van der Waals surface area (Å²) < 4.78 is 6.69. The Bertz CT molecular complexity index is 971. The van der Waals surface area contributed by atoms with E-state index in [-0.39, 0.29) is 5.91 Å². The van der Waals surface area contributed by atoms with E-state index in [1.165, 1.54) is 4.57 Å². The highest BCUT2D eigenvalue weighted by Crippen LogP contribution is 2.20. The third-order valence-corrected chi connectivity index (χ3v) is 4.83. The molecule has 1 atom stereocenters. The van der Waals surface area contributed by atoms with Crippen LogP contribution in [-0.2, 0) is 4.79 Å². The van der Waals surface area contributed by atoms with Crippen LogP contribution in [0.25, 0.3) is 11.1 Å². The van der Waals surface area contributed by atoms with Crippen molar-refractivity contribution in [2.45, 2.75) is 13.0 Å². The molecule has 134 valence electrons. The van der Waals surface area contributed by atoms with E-state index >= 15 is 0 Å². The number of amides is 1. The number of aromatic nitrogens is 2. The molecule has 1 saturated heterocycles. The summed E-state index contributed by atoms with van der Waals surface area (Å²) in [5, 5.41) is 0. The Balaban J connectivity index is 1.50. The zero-order chi connectivity index (χ0) is 18.1. The van der Waals surface area contributed by atoms with E-state index in [4.69, 9.17) is 4.42 Å².